The predicted octanol–water partition coefficient (Wildman–Crippen LogP) is 0.512. The van der Waals surface area contributed by atoms with E-state index in [1.807, 2.05) is 4.90 Å². The molecule has 3 heterocycles. The van der Waals surface area contributed by atoms with Gasteiger partial charge in [-0.25, -0.2) is 4.39 Å². The van der Waals surface area contributed by atoms with Crippen molar-refractivity contribution < 1.29 is 9.18 Å². The molecule has 1 amide bonds. The Labute approximate surface area is 98.8 Å². The largest absolute Gasteiger partial charge is 0.338 e. The molecule has 90 valence electrons. The molecule has 0 aromatic carbocycles. The molecule has 0 aliphatic carbocycles. The molecule has 0 bridgehead atoms. The van der Waals surface area contributed by atoms with Crippen molar-refractivity contribution in [2.24, 2.45) is 11.8 Å². The molecule has 2 aliphatic rings. The van der Waals surface area contributed by atoms with Crippen molar-refractivity contribution >= 4 is 5.91 Å². The Morgan fingerprint density at radius 1 is 1.35 bits per heavy atom. The molecule has 5 heteroatoms. The lowest BCUT2D eigenvalue weighted by Crippen LogP contribution is -2.31. The standard InChI is InChI=1S/C12H14FN3O/c13-11-1-8(2-15-5-11)12(17)16-6-9-3-14-4-10(9)7-16/h1-2,5,9-10,14H,3-4,6-7H2/t9-,10+. The van der Waals surface area contributed by atoms with E-state index in [1.165, 1.54) is 12.3 Å². The summed E-state index contributed by atoms with van der Waals surface area (Å²) in [7, 11) is 0. The van der Waals surface area contributed by atoms with Crippen LogP contribution in [0, 0.1) is 17.7 Å². The van der Waals surface area contributed by atoms with Crippen LogP contribution in [0.25, 0.3) is 0 Å². The Bertz CT molecular complexity index is 439. The average Bonchev–Trinajstić information content (AvgIpc) is 2.88. The molecule has 2 aliphatic heterocycles. The third kappa shape index (κ3) is 1.91. The topological polar surface area (TPSA) is 45.2 Å². The molecule has 1 N–H and O–H groups in total. The highest BCUT2D eigenvalue weighted by Gasteiger charge is 2.38. The molecule has 2 saturated heterocycles. The van der Waals surface area contributed by atoms with E-state index >= 15 is 0 Å². The van der Waals surface area contributed by atoms with Crippen LogP contribution in [0.1, 0.15) is 10.4 Å². The van der Waals surface area contributed by atoms with Gasteiger partial charge in [-0.1, -0.05) is 0 Å². The van der Waals surface area contributed by atoms with Crippen molar-refractivity contribution in [1.29, 1.82) is 0 Å². The van der Waals surface area contributed by atoms with E-state index in [1.54, 1.807) is 0 Å². The summed E-state index contributed by atoms with van der Waals surface area (Å²) in [5, 5.41) is 3.32. The fourth-order valence-electron chi connectivity index (χ4n) is 2.73. The van der Waals surface area contributed by atoms with Gasteiger partial charge < -0.3 is 10.2 Å². The van der Waals surface area contributed by atoms with Crippen molar-refractivity contribution in [2.75, 3.05) is 26.2 Å². The fourth-order valence-corrected chi connectivity index (χ4v) is 2.73. The summed E-state index contributed by atoms with van der Waals surface area (Å²) >= 11 is 0. The Hall–Kier alpha value is -1.49. The molecule has 3 rings (SSSR count). The van der Waals surface area contributed by atoms with E-state index in [4.69, 9.17) is 0 Å². The van der Waals surface area contributed by atoms with Crippen LogP contribution in [0.2, 0.25) is 0 Å². The van der Waals surface area contributed by atoms with E-state index in [0.29, 0.717) is 17.4 Å². The fraction of sp³-hybridized carbons (Fsp3) is 0.500. The summed E-state index contributed by atoms with van der Waals surface area (Å²) < 4.78 is 13.0. The van der Waals surface area contributed by atoms with Crippen LogP contribution in [-0.4, -0.2) is 42.0 Å². The van der Waals surface area contributed by atoms with E-state index in [0.717, 1.165) is 32.4 Å². The second-order valence-corrected chi connectivity index (χ2v) is 4.78. The van der Waals surface area contributed by atoms with Crippen LogP contribution in [0.5, 0.6) is 0 Å². The minimum absolute atomic E-state index is 0.105. The molecule has 17 heavy (non-hydrogen) atoms. The van der Waals surface area contributed by atoms with Crippen molar-refractivity contribution in [3.63, 3.8) is 0 Å². The zero-order valence-corrected chi connectivity index (χ0v) is 9.40. The monoisotopic (exact) mass is 235 g/mol. The molecule has 0 radical (unpaired) electrons. The number of aromatic nitrogens is 1. The first-order valence-electron chi connectivity index (χ1n) is 5.84. The molecule has 0 saturated carbocycles. The number of hydrogen-bond acceptors (Lipinski definition) is 3. The van der Waals surface area contributed by atoms with Crippen LogP contribution in [0.15, 0.2) is 18.5 Å². The number of rotatable bonds is 1. The smallest absolute Gasteiger partial charge is 0.255 e. The minimum atomic E-state index is -0.461. The third-order valence-electron chi connectivity index (χ3n) is 3.63. The van der Waals surface area contributed by atoms with Gasteiger partial charge in [-0.2, -0.15) is 0 Å². The van der Waals surface area contributed by atoms with Crippen LogP contribution in [0.3, 0.4) is 0 Å². The molecule has 1 aromatic rings. The molecule has 0 unspecified atom stereocenters. The van der Waals surface area contributed by atoms with Gasteiger partial charge in [-0.15, -0.1) is 0 Å². The maximum atomic E-state index is 13.0. The van der Waals surface area contributed by atoms with Gasteiger partial charge in [0.1, 0.15) is 5.82 Å². The number of hydrogen-bond donors (Lipinski definition) is 1. The van der Waals surface area contributed by atoms with Crippen LogP contribution in [0.4, 0.5) is 4.39 Å². The number of nitrogens with zero attached hydrogens (tertiary/aromatic N) is 2. The quantitative estimate of drug-likeness (QED) is 0.771. The van der Waals surface area contributed by atoms with Gasteiger partial charge in [0.05, 0.1) is 11.8 Å². The van der Waals surface area contributed by atoms with E-state index in [9.17, 15) is 9.18 Å². The summed E-state index contributed by atoms with van der Waals surface area (Å²) in [6.07, 6.45) is 2.54. The van der Waals surface area contributed by atoms with Crippen molar-refractivity contribution in [3.8, 4) is 0 Å². The van der Waals surface area contributed by atoms with E-state index in [2.05, 4.69) is 10.3 Å². The van der Waals surface area contributed by atoms with Gasteiger partial charge in [0.15, 0.2) is 0 Å². The zero-order chi connectivity index (χ0) is 11.8. The lowest BCUT2D eigenvalue weighted by molar-refractivity contribution is 0.0780. The molecular weight excluding hydrogens is 221 g/mol. The second kappa shape index (κ2) is 4.07. The first kappa shape index (κ1) is 10.7. The summed E-state index contributed by atoms with van der Waals surface area (Å²) in [6, 6.07) is 1.25. The highest BCUT2D eigenvalue weighted by atomic mass is 19.1. The van der Waals surface area contributed by atoms with Gasteiger partial charge in [0, 0.05) is 32.4 Å². The Morgan fingerprint density at radius 3 is 2.71 bits per heavy atom. The van der Waals surface area contributed by atoms with Crippen LogP contribution >= 0.6 is 0 Å². The number of carbonyl (C=O) groups excluding carboxylic acids is 1. The number of amides is 1. The third-order valence-corrected chi connectivity index (χ3v) is 3.63. The SMILES string of the molecule is O=C(c1cncc(F)c1)N1C[C@H]2CNC[C@H]2C1. The summed E-state index contributed by atoms with van der Waals surface area (Å²) in [6.45, 7) is 3.51. The first-order chi connectivity index (χ1) is 8.24. The number of fused-ring (bicyclic) bond motifs is 1. The molecule has 2 atom stereocenters. The maximum Gasteiger partial charge on any atom is 0.255 e. The number of carbonyl (C=O) groups is 1. The van der Waals surface area contributed by atoms with Gasteiger partial charge in [0.2, 0.25) is 0 Å². The number of halogens is 1. The van der Waals surface area contributed by atoms with Crippen molar-refractivity contribution in [3.05, 3.63) is 29.8 Å². The van der Waals surface area contributed by atoms with Crippen molar-refractivity contribution in [2.45, 2.75) is 0 Å². The predicted molar refractivity (Wildman–Crippen MR) is 59.9 cm³/mol. The summed E-state index contributed by atoms with van der Waals surface area (Å²) in [5.74, 6) is 0.546. The first-order valence-corrected chi connectivity index (χ1v) is 5.84. The van der Waals surface area contributed by atoms with Crippen LogP contribution in [-0.2, 0) is 0 Å². The van der Waals surface area contributed by atoms with E-state index < -0.39 is 5.82 Å². The lowest BCUT2D eigenvalue weighted by Gasteiger charge is -2.17. The number of pyridine rings is 1. The molecule has 1 aromatic heterocycles. The van der Waals surface area contributed by atoms with Gasteiger partial charge in [0.25, 0.3) is 5.91 Å². The van der Waals surface area contributed by atoms with E-state index in [-0.39, 0.29) is 5.91 Å². The molecule has 0 spiro atoms. The Kier molecular flexibility index (Phi) is 2.55. The minimum Gasteiger partial charge on any atom is -0.338 e. The summed E-state index contributed by atoms with van der Waals surface area (Å²) in [4.78, 5) is 17.7. The average molecular weight is 235 g/mol. The Morgan fingerprint density at radius 2 is 2.06 bits per heavy atom. The molecule has 4 nitrogen and oxygen atoms in total. The second-order valence-electron chi connectivity index (χ2n) is 4.78. The van der Waals surface area contributed by atoms with Gasteiger partial charge in [-0.3, -0.25) is 9.78 Å². The number of nitrogens with one attached hydrogen (secondary N) is 1. The van der Waals surface area contributed by atoms with Gasteiger partial charge >= 0.3 is 0 Å². The molecular formula is C12H14FN3O. The van der Waals surface area contributed by atoms with Crippen molar-refractivity contribution in [1.82, 2.24) is 15.2 Å². The Balaban J connectivity index is 1.75. The molecule has 2 fully saturated rings. The zero-order valence-electron chi connectivity index (χ0n) is 9.40. The maximum absolute atomic E-state index is 13.0. The normalized spacial score (nSPS) is 27.2. The van der Waals surface area contributed by atoms with Crippen LogP contribution < -0.4 is 5.32 Å². The highest BCUT2D eigenvalue weighted by Crippen LogP contribution is 2.27. The number of likely N-dealkylation sites (tertiary alicyclic amines) is 1. The summed E-state index contributed by atoms with van der Waals surface area (Å²) in [5.41, 5.74) is 0.345. The highest BCUT2D eigenvalue weighted by molar-refractivity contribution is 5.94. The lowest BCUT2D eigenvalue weighted by atomic mass is 10.0. The van der Waals surface area contributed by atoms with Gasteiger partial charge in [-0.05, 0) is 17.9 Å².